The summed E-state index contributed by atoms with van der Waals surface area (Å²) in [6.45, 7) is 0.651. The van der Waals surface area contributed by atoms with Crippen molar-refractivity contribution < 1.29 is 14.6 Å². The highest BCUT2D eigenvalue weighted by Crippen LogP contribution is 2.45. The molecule has 0 radical (unpaired) electrons. The molecule has 9 heavy (non-hydrogen) atoms. The van der Waals surface area contributed by atoms with E-state index in [4.69, 9.17) is 14.6 Å². The molecule has 1 N–H and O–H groups in total. The van der Waals surface area contributed by atoms with Gasteiger partial charge in [-0.1, -0.05) is 0 Å². The first-order chi connectivity index (χ1) is 4.35. The van der Waals surface area contributed by atoms with Crippen molar-refractivity contribution in [2.45, 2.75) is 24.7 Å². The summed E-state index contributed by atoms with van der Waals surface area (Å²) in [6.07, 6.45) is 1.94. The Morgan fingerprint density at radius 2 is 2.33 bits per heavy atom. The molecule has 0 amide bonds. The number of hydrogen-bond donors (Lipinski definition) is 1. The Labute approximate surface area is 53.6 Å². The third-order valence-corrected chi connectivity index (χ3v) is 1.78. The van der Waals surface area contributed by atoms with E-state index in [1.807, 2.05) is 0 Å². The van der Waals surface area contributed by atoms with Gasteiger partial charge in [0.15, 0.2) is 5.79 Å². The van der Waals surface area contributed by atoms with Gasteiger partial charge in [0.1, 0.15) is 6.10 Å². The zero-order valence-electron chi connectivity index (χ0n) is 5.17. The summed E-state index contributed by atoms with van der Waals surface area (Å²) in [5, 5.41) is 8.62. The van der Waals surface area contributed by atoms with Gasteiger partial charge in [-0.05, 0) is 0 Å². The van der Waals surface area contributed by atoms with Crippen molar-refractivity contribution in [3.8, 4) is 0 Å². The van der Waals surface area contributed by atoms with Crippen molar-refractivity contribution in [1.29, 1.82) is 0 Å². The molecule has 3 nitrogen and oxygen atoms in total. The Morgan fingerprint density at radius 1 is 1.56 bits per heavy atom. The quantitative estimate of drug-likeness (QED) is 0.538. The molecule has 2 rings (SSSR count). The number of aliphatic hydroxyl groups is 1. The standard InChI is InChI=1S/C6H10O3/c7-3-5-4-8-6(9-5)1-2-6/h5,7H,1-4H2. The molecular formula is C6H10O3. The normalized spacial score (nSPS) is 37.7. The van der Waals surface area contributed by atoms with Crippen molar-refractivity contribution >= 4 is 0 Å². The van der Waals surface area contributed by atoms with Gasteiger partial charge < -0.3 is 14.6 Å². The molecule has 1 aliphatic heterocycles. The van der Waals surface area contributed by atoms with Crippen LogP contribution in [0.2, 0.25) is 0 Å². The van der Waals surface area contributed by atoms with Gasteiger partial charge in [-0.2, -0.15) is 0 Å². The maximum atomic E-state index is 8.62. The molecule has 1 saturated carbocycles. The van der Waals surface area contributed by atoms with Crippen LogP contribution in [0.25, 0.3) is 0 Å². The van der Waals surface area contributed by atoms with Gasteiger partial charge >= 0.3 is 0 Å². The topological polar surface area (TPSA) is 38.7 Å². The molecule has 2 fully saturated rings. The van der Waals surface area contributed by atoms with Crippen LogP contribution in [0.4, 0.5) is 0 Å². The van der Waals surface area contributed by atoms with Gasteiger partial charge in [0.05, 0.1) is 13.2 Å². The summed E-state index contributed by atoms with van der Waals surface area (Å²) < 4.78 is 10.6. The molecular weight excluding hydrogens is 120 g/mol. The Bertz CT molecular complexity index is 119. The molecule has 1 aliphatic carbocycles. The molecule has 52 valence electrons. The highest BCUT2D eigenvalue weighted by atomic mass is 16.8. The molecule has 2 aliphatic rings. The number of aliphatic hydroxyl groups excluding tert-OH is 1. The van der Waals surface area contributed by atoms with Crippen molar-refractivity contribution in [1.82, 2.24) is 0 Å². The number of hydrogen-bond acceptors (Lipinski definition) is 3. The van der Waals surface area contributed by atoms with E-state index < -0.39 is 0 Å². The predicted octanol–water partition coefficient (Wildman–Crippen LogP) is -0.116. The van der Waals surface area contributed by atoms with Crippen LogP contribution in [-0.4, -0.2) is 30.2 Å². The molecule has 0 aromatic carbocycles. The first-order valence-corrected chi connectivity index (χ1v) is 3.27. The Kier molecular flexibility index (Phi) is 1.06. The van der Waals surface area contributed by atoms with Crippen LogP contribution >= 0.6 is 0 Å². The van der Waals surface area contributed by atoms with Crippen LogP contribution in [0.5, 0.6) is 0 Å². The molecule has 1 atom stereocenters. The molecule has 1 spiro atoms. The van der Waals surface area contributed by atoms with Gasteiger partial charge in [0, 0.05) is 12.8 Å². The molecule has 1 saturated heterocycles. The summed E-state index contributed by atoms with van der Waals surface area (Å²) >= 11 is 0. The second-order valence-corrected chi connectivity index (χ2v) is 2.64. The second-order valence-electron chi connectivity index (χ2n) is 2.64. The van der Waals surface area contributed by atoms with E-state index in [2.05, 4.69) is 0 Å². The lowest BCUT2D eigenvalue weighted by molar-refractivity contribution is -0.0894. The minimum absolute atomic E-state index is 0.0625. The van der Waals surface area contributed by atoms with Gasteiger partial charge in [-0.15, -0.1) is 0 Å². The highest BCUT2D eigenvalue weighted by molar-refractivity contribution is 4.91. The fourth-order valence-corrected chi connectivity index (χ4v) is 1.07. The van der Waals surface area contributed by atoms with Gasteiger partial charge in [0.2, 0.25) is 0 Å². The third-order valence-electron chi connectivity index (χ3n) is 1.78. The number of ether oxygens (including phenoxy) is 2. The molecule has 0 aromatic rings. The van der Waals surface area contributed by atoms with E-state index in [1.165, 1.54) is 0 Å². The third kappa shape index (κ3) is 0.852. The molecule has 0 bridgehead atoms. The van der Waals surface area contributed by atoms with E-state index >= 15 is 0 Å². The maximum Gasteiger partial charge on any atom is 0.169 e. The van der Waals surface area contributed by atoms with Crippen molar-refractivity contribution in [3.63, 3.8) is 0 Å². The minimum atomic E-state index is -0.243. The van der Waals surface area contributed by atoms with Crippen LogP contribution in [0.1, 0.15) is 12.8 Å². The summed E-state index contributed by atoms with van der Waals surface area (Å²) in [4.78, 5) is 0. The van der Waals surface area contributed by atoms with Gasteiger partial charge in [-0.3, -0.25) is 0 Å². The fourth-order valence-electron chi connectivity index (χ4n) is 1.07. The monoisotopic (exact) mass is 130 g/mol. The van der Waals surface area contributed by atoms with Gasteiger partial charge in [0.25, 0.3) is 0 Å². The van der Waals surface area contributed by atoms with Crippen LogP contribution in [0.3, 0.4) is 0 Å². The van der Waals surface area contributed by atoms with E-state index in [0.29, 0.717) is 6.61 Å². The summed E-state index contributed by atoms with van der Waals surface area (Å²) in [5.41, 5.74) is 0. The zero-order valence-corrected chi connectivity index (χ0v) is 5.17. The van der Waals surface area contributed by atoms with E-state index in [9.17, 15) is 0 Å². The minimum Gasteiger partial charge on any atom is -0.394 e. The predicted molar refractivity (Wildman–Crippen MR) is 29.9 cm³/mol. The SMILES string of the molecule is OCC1COC2(CC2)O1. The largest absolute Gasteiger partial charge is 0.394 e. The smallest absolute Gasteiger partial charge is 0.169 e. The number of rotatable bonds is 1. The first kappa shape index (κ1) is 5.65. The Morgan fingerprint density at radius 3 is 2.67 bits per heavy atom. The van der Waals surface area contributed by atoms with Crippen molar-refractivity contribution in [2.24, 2.45) is 0 Å². The highest BCUT2D eigenvalue weighted by Gasteiger charge is 2.51. The van der Waals surface area contributed by atoms with Crippen LogP contribution < -0.4 is 0 Å². The fraction of sp³-hybridized carbons (Fsp3) is 1.00. The van der Waals surface area contributed by atoms with E-state index in [1.54, 1.807) is 0 Å². The lowest BCUT2D eigenvalue weighted by Gasteiger charge is -2.05. The Hall–Kier alpha value is -0.120. The summed E-state index contributed by atoms with van der Waals surface area (Å²) in [5.74, 6) is -0.243. The second kappa shape index (κ2) is 1.68. The van der Waals surface area contributed by atoms with Crippen molar-refractivity contribution in [3.05, 3.63) is 0 Å². The van der Waals surface area contributed by atoms with E-state index in [-0.39, 0.29) is 18.5 Å². The summed E-state index contributed by atoms with van der Waals surface area (Å²) in [7, 11) is 0. The average molecular weight is 130 g/mol. The van der Waals surface area contributed by atoms with Crippen molar-refractivity contribution in [2.75, 3.05) is 13.2 Å². The zero-order chi connectivity index (χ0) is 6.32. The Balaban J connectivity index is 1.93. The average Bonchev–Trinajstić information content (AvgIpc) is 2.44. The van der Waals surface area contributed by atoms with Gasteiger partial charge in [-0.25, -0.2) is 0 Å². The lowest BCUT2D eigenvalue weighted by atomic mass is 10.4. The first-order valence-electron chi connectivity index (χ1n) is 3.27. The molecule has 0 aromatic heterocycles. The summed E-state index contributed by atoms with van der Waals surface area (Å²) in [6, 6.07) is 0. The van der Waals surface area contributed by atoms with Crippen LogP contribution in [-0.2, 0) is 9.47 Å². The molecule has 1 unspecified atom stereocenters. The van der Waals surface area contributed by atoms with E-state index in [0.717, 1.165) is 12.8 Å². The van der Waals surface area contributed by atoms with Crippen LogP contribution in [0.15, 0.2) is 0 Å². The molecule has 3 heteroatoms. The maximum absolute atomic E-state index is 8.62. The van der Waals surface area contributed by atoms with Crippen LogP contribution in [0, 0.1) is 0 Å². The lowest BCUT2D eigenvalue weighted by Crippen LogP contribution is -2.16. The molecule has 1 heterocycles.